The van der Waals surface area contributed by atoms with Gasteiger partial charge in [-0.2, -0.15) is 15.0 Å². The first-order chi connectivity index (χ1) is 21.2. The second-order valence-electron chi connectivity index (χ2n) is 11.0. The highest BCUT2D eigenvalue weighted by Crippen LogP contribution is 2.43. The van der Waals surface area contributed by atoms with Crippen LogP contribution in [0.5, 0.6) is 5.75 Å². The van der Waals surface area contributed by atoms with Gasteiger partial charge in [-0.05, 0) is 74.0 Å². The molecule has 6 aromatic rings. The molecule has 0 saturated heterocycles. The van der Waals surface area contributed by atoms with E-state index in [-0.39, 0.29) is 17.1 Å². The van der Waals surface area contributed by atoms with Crippen LogP contribution in [0.3, 0.4) is 0 Å². The van der Waals surface area contributed by atoms with E-state index in [2.05, 4.69) is 0 Å². The average Bonchev–Trinajstić information content (AvgIpc) is 3.74. The fourth-order valence-corrected chi connectivity index (χ4v) is 6.80. The number of carbonyl (C=O) groups is 1. The van der Waals surface area contributed by atoms with Crippen molar-refractivity contribution < 1.29 is 17.9 Å². The van der Waals surface area contributed by atoms with Gasteiger partial charge in [0, 0.05) is 35.9 Å². The van der Waals surface area contributed by atoms with E-state index in [9.17, 15) is 13.2 Å². The number of methoxy groups -OCH3 is 1. The van der Waals surface area contributed by atoms with Crippen LogP contribution in [-0.4, -0.2) is 40.3 Å². The zero-order valence-corrected chi connectivity index (χ0v) is 25.5. The molecule has 0 aliphatic carbocycles. The van der Waals surface area contributed by atoms with Gasteiger partial charge in [0.1, 0.15) is 22.3 Å². The molecule has 0 aliphatic heterocycles. The maximum atomic E-state index is 13.9. The summed E-state index contributed by atoms with van der Waals surface area (Å²) in [6, 6.07) is 32.7. The first kappa shape index (κ1) is 29.1. The molecular weight excluding hydrogens is 572 g/mol. The molecule has 2 unspecified atom stereocenters. The van der Waals surface area contributed by atoms with Crippen LogP contribution in [0.1, 0.15) is 46.3 Å². The highest BCUT2D eigenvalue weighted by Gasteiger charge is 2.43. The average molecular weight is 605 g/mol. The number of aryl methyl sites for hydroxylation is 1. The summed E-state index contributed by atoms with van der Waals surface area (Å²) in [5.74, 6) is 0.113. The molecule has 6 rings (SSSR count). The first-order valence-corrected chi connectivity index (χ1v) is 15.7. The van der Waals surface area contributed by atoms with Crippen molar-refractivity contribution >= 4 is 26.8 Å². The summed E-state index contributed by atoms with van der Waals surface area (Å²) in [4.78, 5) is 15.7. The van der Waals surface area contributed by atoms with Crippen molar-refractivity contribution in [2.45, 2.75) is 36.6 Å². The lowest BCUT2D eigenvalue weighted by atomic mass is 9.73. The van der Waals surface area contributed by atoms with Gasteiger partial charge < -0.3 is 4.74 Å². The Morgan fingerprint density at radius 2 is 1.45 bits per heavy atom. The third-order valence-electron chi connectivity index (χ3n) is 8.23. The number of benzene rings is 4. The predicted octanol–water partition coefficient (Wildman–Crippen LogP) is 6.61. The maximum absolute atomic E-state index is 13.9. The number of ether oxygens (including phenoxy) is 1. The Morgan fingerprint density at radius 3 is 2.07 bits per heavy atom. The standard InChI is InChI=1S/C35H32N4O4S/c1-25-13-15-26(16-14-25)31(23-34(40)27-17-19-29(43-3)20-18-27)35(2,39-36-32-11-7-8-12-33(32)37-39)28-21-22-38(24-28)44(41,42)30-9-5-4-6-10-30/h4-22,24,31H,23H2,1-3H3. The van der Waals surface area contributed by atoms with Crippen LogP contribution in [0.25, 0.3) is 11.0 Å². The molecule has 4 aromatic carbocycles. The van der Waals surface area contributed by atoms with Crippen LogP contribution in [0.2, 0.25) is 0 Å². The molecule has 222 valence electrons. The number of nitrogens with zero attached hydrogens (tertiary/aromatic N) is 4. The summed E-state index contributed by atoms with van der Waals surface area (Å²) in [7, 11) is -2.28. The highest BCUT2D eigenvalue weighted by atomic mass is 32.2. The number of carbonyl (C=O) groups excluding carboxylic acids is 1. The smallest absolute Gasteiger partial charge is 0.267 e. The topological polar surface area (TPSA) is 96.1 Å². The molecule has 2 aromatic heterocycles. The number of Topliss-reactive ketones (excluding diaryl/α,β-unsaturated/α-hetero) is 1. The van der Waals surface area contributed by atoms with Gasteiger partial charge in [-0.25, -0.2) is 12.4 Å². The quantitative estimate of drug-likeness (QED) is 0.163. The van der Waals surface area contributed by atoms with Gasteiger partial charge in [0.25, 0.3) is 10.0 Å². The maximum Gasteiger partial charge on any atom is 0.267 e. The van der Waals surface area contributed by atoms with E-state index in [1.54, 1.807) is 78.8 Å². The van der Waals surface area contributed by atoms with E-state index in [1.165, 1.54) is 10.2 Å². The largest absolute Gasteiger partial charge is 0.497 e. The second-order valence-corrected chi connectivity index (χ2v) is 12.8. The van der Waals surface area contributed by atoms with Crippen LogP contribution >= 0.6 is 0 Å². The van der Waals surface area contributed by atoms with Gasteiger partial charge in [-0.3, -0.25) is 4.79 Å². The third-order valence-corrected chi connectivity index (χ3v) is 9.88. The van der Waals surface area contributed by atoms with Gasteiger partial charge in [0.05, 0.1) is 12.0 Å². The van der Waals surface area contributed by atoms with Crippen molar-refractivity contribution in [3.63, 3.8) is 0 Å². The van der Waals surface area contributed by atoms with E-state index in [0.29, 0.717) is 27.9 Å². The molecule has 44 heavy (non-hydrogen) atoms. The van der Waals surface area contributed by atoms with E-state index in [0.717, 1.165) is 11.1 Å². The number of rotatable bonds is 10. The highest BCUT2D eigenvalue weighted by molar-refractivity contribution is 7.90. The van der Waals surface area contributed by atoms with Crippen LogP contribution in [0, 0.1) is 6.92 Å². The fraction of sp³-hybridized carbons (Fsp3) is 0.171. The minimum atomic E-state index is -3.87. The summed E-state index contributed by atoms with van der Waals surface area (Å²) in [5, 5.41) is 9.75. The van der Waals surface area contributed by atoms with Gasteiger partial charge in [0.2, 0.25) is 0 Å². The molecule has 0 N–H and O–H groups in total. The Morgan fingerprint density at radius 1 is 0.841 bits per heavy atom. The molecule has 0 amide bonds. The van der Waals surface area contributed by atoms with Crippen molar-refractivity contribution in [1.29, 1.82) is 0 Å². The number of fused-ring (bicyclic) bond motifs is 1. The van der Waals surface area contributed by atoms with Crippen LogP contribution < -0.4 is 4.74 Å². The van der Waals surface area contributed by atoms with Crippen LogP contribution in [-0.2, 0) is 15.6 Å². The molecular formula is C35H32N4O4S. The monoisotopic (exact) mass is 604 g/mol. The number of aromatic nitrogens is 4. The lowest BCUT2D eigenvalue weighted by molar-refractivity contribution is 0.0947. The van der Waals surface area contributed by atoms with E-state index >= 15 is 0 Å². The Kier molecular flexibility index (Phi) is 7.65. The lowest BCUT2D eigenvalue weighted by Gasteiger charge is -2.37. The predicted molar refractivity (Wildman–Crippen MR) is 170 cm³/mol. The summed E-state index contributed by atoms with van der Waals surface area (Å²) >= 11 is 0. The molecule has 0 radical (unpaired) electrons. The summed E-state index contributed by atoms with van der Waals surface area (Å²) in [6.07, 6.45) is 3.26. The number of ketones is 1. The van der Waals surface area contributed by atoms with E-state index in [4.69, 9.17) is 14.9 Å². The Bertz CT molecular complexity index is 2000. The molecule has 2 atom stereocenters. The fourth-order valence-electron chi connectivity index (χ4n) is 5.58. The molecule has 0 saturated carbocycles. The summed E-state index contributed by atoms with van der Waals surface area (Å²) in [6.45, 7) is 3.98. The Labute approximate surface area is 256 Å². The Hall–Kier alpha value is -5.02. The number of hydrogen-bond acceptors (Lipinski definition) is 6. The zero-order chi connectivity index (χ0) is 30.9. The van der Waals surface area contributed by atoms with Gasteiger partial charge in [0.15, 0.2) is 5.78 Å². The van der Waals surface area contributed by atoms with Crippen molar-refractivity contribution in [3.8, 4) is 5.75 Å². The molecule has 9 heteroatoms. The lowest BCUT2D eigenvalue weighted by Crippen LogP contribution is -2.41. The minimum Gasteiger partial charge on any atom is -0.497 e. The van der Waals surface area contributed by atoms with Gasteiger partial charge in [-0.1, -0.05) is 60.2 Å². The van der Waals surface area contributed by atoms with E-state index < -0.39 is 21.5 Å². The van der Waals surface area contributed by atoms with Crippen molar-refractivity contribution in [2.75, 3.05) is 7.11 Å². The van der Waals surface area contributed by atoms with Crippen LogP contribution in [0.4, 0.5) is 0 Å². The van der Waals surface area contributed by atoms with Crippen LogP contribution in [0.15, 0.2) is 126 Å². The summed E-state index contributed by atoms with van der Waals surface area (Å²) < 4.78 is 33.7. The normalized spacial score (nSPS) is 13.8. The number of hydrogen-bond donors (Lipinski definition) is 0. The second kappa shape index (κ2) is 11.6. The van der Waals surface area contributed by atoms with E-state index in [1.807, 2.05) is 62.4 Å². The molecule has 0 aliphatic rings. The summed E-state index contributed by atoms with van der Waals surface area (Å²) in [5.41, 5.74) is 3.49. The van der Waals surface area contributed by atoms with Gasteiger partial charge in [-0.15, -0.1) is 0 Å². The van der Waals surface area contributed by atoms with Crippen molar-refractivity contribution in [3.05, 3.63) is 144 Å². The zero-order valence-electron chi connectivity index (χ0n) is 24.7. The molecule has 8 nitrogen and oxygen atoms in total. The molecule has 0 spiro atoms. The van der Waals surface area contributed by atoms with Crippen molar-refractivity contribution in [1.82, 2.24) is 19.0 Å². The molecule has 0 bridgehead atoms. The molecule has 2 heterocycles. The first-order valence-electron chi connectivity index (χ1n) is 14.3. The van der Waals surface area contributed by atoms with Crippen molar-refractivity contribution in [2.24, 2.45) is 0 Å². The third kappa shape index (κ3) is 5.31. The van der Waals surface area contributed by atoms with Gasteiger partial charge >= 0.3 is 0 Å². The SMILES string of the molecule is COc1ccc(C(=O)CC(c2ccc(C)cc2)C(C)(c2ccn(S(=O)(=O)c3ccccc3)c2)n2nc3ccccc3n2)cc1. The minimum absolute atomic E-state index is 0.0718. The Balaban J connectivity index is 1.53. The molecule has 0 fully saturated rings.